The lowest BCUT2D eigenvalue weighted by Crippen LogP contribution is -2.49. The van der Waals surface area contributed by atoms with E-state index in [0.717, 1.165) is 5.56 Å². The van der Waals surface area contributed by atoms with E-state index in [1.807, 2.05) is 58.0 Å². The summed E-state index contributed by atoms with van der Waals surface area (Å²) in [6.45, 7) is 12.8. The fourth-order valence-corrected chi connectivity index (χ4v) is 4.65. The molecule has 0 aliphatic rings. The lowest BCUT2D eigenvalue weighted by Gasteiger charge is -2.27. The number of aliphatic hydroxyl groups is 1. The Labute approximate surface area is 267 Å². The van der Waals surface area contributed by atoms with Crippen LogP contribution in [-0.2, 0) is 36.9 Å². The number of carbonyl (C=O) groups excluding carboxylic acids is 4. The second-order valence-corrected chi connectivity index (χ2v) is 12.8. The second kappa shape index (κ2) is 18.1. The van der Waals surface area contributed by atoms with Gasteiger partial charge < -0.3 is 30.0 Å². The normalized spacial score (nSPS) is 14.1. The number of nitrogens with one attached hydrogen (secondary N) is 2. The van der Waals surface area contributed by atoms with Crippen LogP contribution in [-0.4, -0.2) is 59.3 Å². The molecule has 3 N–H and O–H groups in total. The Kier molecular flexibility index (Phi) is 15.0. The zero-order valence-corrected chi connectivity index (χ0v) is 27.6. The van der Waals surface area contributed by atoms with Gasteiger partial charge in [-0.15, -0.1) is 0 Å². The van der Waals surface area contributed by atoms with Crippen LogP contribution >= 0.6 is 0 Å². The molecule has 0 aromatic heterocycles. The molecule has 0 spiro atoms. The van der Waals surface area contributed by atoms with Gasteiger partial charge in [0, 0.05) is 6.42 Å². The van der Waals surface area contributed by atoms with Gasteiger partial charge in [-0.05, 0) is 62.3 Å². The number of hydrogen-bond donors (Lipinski definition) is 3. The minimum atomic E-state index is -1.19. The Balaban J connectivity index is 2.00. The minimum absolute atomic E-state index is 0.0340. The fraction of sp³-hybridized carbons (Fsp3) is 0.543. The predicted molar refractivity (Wildman–Crippen MR) is 172 cm³/mol. The van der Waals surface area contributed by atoms with E-state index >= 15 is 0 Å². The highest BCUT2D eigenvalue weighted by molar-refractivity contribution is 5.91. The van der Waals surface area contributed by atoms with Gasteiger partial charge in [0.2, 0.25) is 5.91 Å². The number of esters is 1. The van der Waals surface area contributed by atoms with Crippen molar-refractivity contribution in [3.05, 3.63) is 65.7 Å². The average Bonchev–Trinajstić information content (AvgIpc) is 2.96. The summed E-state index contributed by atoms with van der Waals surface area (Å²) in [5, 5.41) is 16.5. The van der Waals surface area contributed by atoms with E-state index in [0.29, 0.717) is 24.2 Å². The SMILES string of the molecule is CC[C@H](C)[C@H](NC(=O)C[C@H](O)[C@H](CC(C)C)NC(=O)OCc1ccccc1)C(=O)Cc1cccc(OCC(=O)OC(C)(C)C)c1. The van der Waals surface area contributed by atoms with Gasteiger partial charge in [-0.3, -0.25) is 9.59 Å². The Hall–Kier alpha value is -3.92. The molecule has 2 amide bonds. The molecule has 2 aromatic rings. The van der Waals surface area contributed by atoms with Gasteiger partial charge >= 0.3 is 12.1 Å². The molecule has 0 saturated carbocycles. The van der Waals surface area contributed by atoms with Crippen LogP contribution in [0.15, 0.2) is 54.6 Å². The molecule has 0 aliphatic carbocycles. The van der Waals surface area contributed by atoms with E-state index in [-0.39, 0.29) is 43.7 Å². The Morgan fingerprint density at radius 2 is 1.58 bits per heavy atom. The summed E-state index contributed by atoms with van der Waals surface area (Å²) in [7, 11) is 0. The molecule has 2 rings (SSSR count). The molecule has 10 heteroatoms. The molecule has 2 aromatic carbocycles. The lowest BCUT2D eigenvalue weighted by atomic mass is 9.91. The number of benzene rings is 2. The van der Waals surface area contributed by atoms with Crippen LogP contribution in [0.5, 0.6) is 5.75 Å². The van der Waals surface area contributed by atoms with Crippen molar-refractivity contribution in [2.45, 2.75) is 105 Å². The van der Waals surface area contributed by atoms with Gasteiger partial charge in [-0.25, -0.2) is 9.59 Å². The highest BCUT2D eigenvalue weighted by atomic mass is 16.6. The maximum atomic E-state index is 13.4. The van der Waals surface area contributed by atoms with Crippen LogP contribution in [0.4, 0.5) is 4.79 Å². The van der Waals surface area contributed by atoms with Crippen LogP contribution < -0.4 is 15.4 Å². The zero-order valence-electron chi connectivity index (χ0n) is 27.6. The molecule has 248 valence electrons. The number of Topliss-reactive ketones (excluding diaryl/α,β-unsaturated/α-hetero) is 1. The van der Waals surface area contributed by atoms with E-state index in [4.69, 9.17) is 14.2 Å². The maximum Gasteiger partial charge on any atom is 0.407 e. The molecule has 0 fully saturated rings. The van der Waals surface area contributed by atoms with Gasteiger partial charge in [-0.2, -0.15) is 0 Å². The summed E-state index contributed by atoms with van der Waals surface area (Å²) in [6, 6.07) is 14.6. The fourth-order valence-electron chi connectivity index (χ4n) is 4.65. The van der Waals surface area contributed by atoms with Gasteiger partial charge in [0.25, 0.3) is 0 Å². The van der Waals surface area contributed by atoms with Crippen molar-refractivity contribution >= 4 is 23.8 Å². The summed E-state index contributed by atoms with van der Waals surface area (Å²) in [6.07, 6.45) is -1.08. The monoisotopic (exact) mass is 626 g/mol. The first-order valence-electron chi connectivity index (χ1n) is 15.6. The zero-order chi connectivity index (χ0) is 33.6. The molecule has 4 atom stereocenters. The first kappa shape index (κ1) is 37.3. The van der Waals surface area contributed by atoms with Crippen LogP contribution in [0.3, 0.4) is 0 Å². The predicted octanol–water partition coefficient (Wildman–Crippen LogP) is 5.14. The second-order valence-electron chi connectivity index (χ2n) is 12.8. The standard InChI is InChI=1S/C35H50N2O8/c1-8-24(4)33(30(39)19-26-15-12-16-27(18-26)43-22-32(41)45-35(5,6)7)37-31(40)20-29(38)28(17-23(2)3)36-34(42)44-21-25-13-10-9-11-14-25/h9-16,18,23-24,28-29,33,38H,8,17,19-22H2,1-7H3,(H,36,42)(H,37,40)/t24-,28-,29-,33-/m0/s1. The maximum absolute atomic E-state index is 13.4. The molecule has 0 radical (unpaired) electrons. The molecule has 0 heterocycles. The van der Waals surface area contributed by atoms with E-state index in [1.165, 1.54) is 0 Å². The summed E-state index contributed by atoms with van der Waals surface area (Å²) >= 11 is 0. The Morgan fingerprint density at radius 3 is 2.20 bits per heavy atom. The van der Waals surface area contributed by atoms with Crippen molar-refractivity contribution < 1.29 is 38.5 Å². The third-order valence-electron chi connectivity index (χ3n) is 7.03. The van der Waals surface area contributed by atoms with Crippen LogP contribution in [0.25, 0.3) is 0 Å². The summed E-state index contributed by atoms with van der Waals surface area (Å²) in [5.41, 5.74) is 0.869. The first-order chi connectivity index (χ1) is 21.2. The first-order valence-corrected chi connectivity index (χ1v) is 15.6. The van der Waals surface area contributed by atoms with Crippen LogP contribution in [0.1, 0.15) is 78.9 Å². The number of amides is 2. The largest absolute Gasteiger partial charge is 0.482 e. The Morgan fingerprint density at radius 1 is 0.911 bits per heavy atom. The molecule has 10 nitrogen and oxygen atoms in total. The quantitative estimate of drug-likeness (QED) is 0.205. The summed E-state index contributed by atoms with van der Waals surface area (Å²) < 4.78 is 16.1. The van der Waals surface area contributed by atoms with Gasteiger partial charge in [-0.1, -0.05) is 76.6 Å². The molecule has 0 aliphatic heterocycles. The number of alkyl carbamates (subject to hydrolysis) is 1. The molecular weight excluding hydrogens is 576 g/mol. The average molecular weight is 627 g/mol. The van der Waals surface area contributed by atoms with Crippen molar-refractivity contribution in [3.8, 4) is 5.75 Å². The number of carbonyl (C=O) groups is 4. The van der Waals surface area contributed by atoms with Gasteiger partial charge in [0.15, 0.2) is 12.4 Å². The number of ketones is 1. The number of hydrogen-bond acceptors (Lipinski definition) is 8. The van der Waals surface area contributed by atoms with E-state index in [2.05, 4.69) is 10.6 Å². The van der Waals surface area contributed by atoms with Gasteiger partial charge in [0.05, 0.1) is 24.6 Å². The minimum Gasteiger partial charge on any atom is -0.482 e. The van der Waals surface area contributed by atoms with E-state index in [1.54, 1.807) is 45.0 Å². The van der Waals surface area contributed by atoms with E-state index in [9.17, 15) is 24.3 Å². The summed E-state index contributed by atoms with van der Waals surface area (Å²) in [4.78, 5) is 51.0. The number of aliphatic hydroxyl groups excluding tert-OH is 1. The van der Waals surface area contributed by atoms with Crippen molar-refractivity contribution in [2.75, 3.05) is 6.61 Å². The van der Waals surface area contributed by atoms with Crippen LogP contribution in [0.2, 0.25) is 0 Å². The third-order valence-corrected chi connectivity index (χ3v) is 7.03. The smallest absolute Gasteiger partial charge is 0.407 e. The number of ether oxygens (including phenoxy) is 3. The molecule has 0 unspecified atom stereocenters. The molecule has 0 saturated heterocycles. The molecular formula is C35H50N2O8. The summed E-state index contributed by atoms with van der Waals surface area (Å²) in [5.74, 6) is -0.810. The van der Waals surface area contributed by atoms with Crippen molar-refractivity contribution in [1.82, 2.24) is 10.6 Å². The Bertz CT molecular complexity index is 1240. The van der Waals surface area contributed by atoms with E-state index < -0.39 is 41.8 Å². The van der Waals surface area contributed by atoms with Crippen LogP contribution in [0, 0.1) is 11.8 Å². The highest BCUT2D eigenvalue weighted by Gasteiger charge is 2.30. The molecule has 45 heavy (non-hydrogen) atoms. The topological polar surface area (TPSA) is 140 Å². The highest BCUT2D eigenvalue weighted by Crippen LogP contribution is 2.18. The third kappa shape index (κ3) is 14.6. The van der Waals surface area contributed by atoms with Crippen molar-refractivity contribution in [3.63, 3.8) is 0 Å². The lowest BCUT2D eigenvalue weighted by molar-refractivity contribution is -0.157. The van der Waals surface area contributed by atoms with Crippen molar-refractivity contribution in [1.29, 1.82) is 0 Å². The van der Waals surface area contributed by atoms with Crippen molar-refractivity contribution in [2.24, 2.45) is 11.8 Å². The number of rotatable bonds is 17. The molecule has 0 bridgehead atoms. The van der Waals surface area contributed by atoms with Gasteiger partial charge in [0.1, 0.15) is 18.0 Å².